The average Bonchev–Trinajstić information content (AvgIpc) is 2.61. The van der Waals surface area contributed by atoms with Crippen molar-refractivity contribution in [3.63, 3.8) is 0 Å². The molecule has 0 saturated heterocycles. The minimum absolute atomic E-state index is 0.151. The van der Waals surface area contributed by atoms with E-state index in [1.165, 1.54) is 5.57 Å². The molecule has 0 fully saturated rings. The highest BCUT2D eigenvalue weighted by molar-refractivity contribution is 5.81. The highest BCUT2D eigenvalue weighted by Crippen LogP contribution is 2.31. The lowest BCUT2D eigenvalue weighted by molar-refractivity contribution is 0.624. The fourth-order valence-corrected chi connectivity index (χ4v) is 2.58. The molecule has 0 spiro atoms. The van der Waals surface area contributed by atoms with Crippen molar-refractivity contribution in [1.29, 1.82) is 0 Å². The minimum atomic E-state index is -0.151. The van der Waals surface area contributed by atoms with Gasteiger partial charge in [-0.15, -0.1) is 0 Å². The van der Waals surface area contributed by atoms with Gasteiger partial charge in [0.25, 0.3) is 0 Å². The fraction of sp³-hybridized carbons (Fsp3) is 0.235. The van der Waals surface area contributed by atoms with Crippen molar-refractivity contribution >= 4 is 5.57 Å². The Bertz CT molecular complexity index is 626. The van der Waals surface area contributed by atoms with E-state index in [9.17, 15) is 4.39 Å². The van der Waals surface area contributed by atoms with Crippen molar-refractivity contribution in [2.75, 3.05) is 0 Å². The van der Waals surface area contributed by atoms with Crippen LogP contribution in [-0.4, -0.2) is 4.98 Å². The second-order valence-electron chi connectivity index (χ2n) is 5.00. The number of hydrogen-bond donors (Lipinski definition) is 0. The summed E-state index contributed by atoms with van der Waals surface area (Å²) < 4.78 is 13.4. The van der Waals surface area contributed by atoms with Crippen molar-refractivity contribution in [2.24, 2.45) is 0 Å². The Morgan fingerprint density at radius 2 is 2.05 bits per heavy atom. The molecule has 1 heterocycles. The Kier molecular flexibility index (Phi) is 3.16. The molecule has 0 N–H and O–H groups in total. The zero-order chi connectivity index (χ0) is 13.2. The molecule has 1 aromatic heterocycles. The Morgan fingerprint density at radius 1 is 1.16 bits per heavy atom. The molecule has 0 amide bonds. The summed E-state index contributed by atoms with van der Waals surface area (Å²) in [4.78, 5) is 4.36. The van der Waals surface area contributed by atoms with E-state index >= 15 is 0 Å². The summed E-state index contributed by atoms with van der Waals surface area (Å²) >= 11 is 0. The average molecular weight is 253 g/mol. The maximum atomic E-state index is 13.4. The third-order valence-corrected chi connectivity index (χ3v) is 3.58. The van der Waals surface area contributed by atoms with Gasteiger partial charge < -0.3 is 0 Å². The summed E-state index contributed by atoms with van der Waals surface area (Å²) in [5.74, 6) is -0.151. The number of allylic oxidation sites excluding steroid dienone is 1. The normalized spacial score (nSPS) is 14.5. The molecular weight excluding hydrogens is 237 g/mol. The summed E-state index contributed by atoms with van der Waals surface area (Å²) in [5.41, 5.74) is 5.55. The number of pyridine rings is 1. The predicted molar refractivity (Wildman–Crippen MR) is 75.4 cm³/mol. The first-order chi connectivity index (χ1) is 9.24. The fourth-order valence-electron chi connectivity index (χ4n) is 2.58. The van der Waals surface area contributed by atoms with Crippen LogP contribution in [0.3, 0.4) is 0 Å². The summed E-state index contributed by atoms with van der Waals surface area (Å²) in [6, 6.07) is 9.20. The first kappa shape index (κ1) is 12.1. The molecule has 0 radical (unpaired) electrons. The number of fused-ring (bicyclic) bond motifs is 1. The lowest BCUT2D eigenvalue weighted by atomic mass is 9.94. The minimum Gasteiger partial charge on any atom is -0.261 e. The number of halogens is 1. The van der Waals surface area contributed by atoms with E-state index in [0.717, 1.165) is 41.6 Å². The molecule has 2 heteroatoms. The van der Waals surface area contributed by atoms with Crippen molar-refractivity contribution < 1.29 is 4.39 Å². The Balaban J connectivity index is 2.11. The van der Waals surface area contributed by atoms with E-state index in [-0.39, 0.29) is 5.82 Å². The van der Waals surface area contributed by atoms with Gasteiger partial charge >= 0.3 is 0 Å². The Hall–Kier alpha value is -1.96. The summed E-state index contributed by atoms with van der Waals surface area (Å²) in [6.07, 6.45) is 7.18. The molecule has 96 valence electrons. The van der Waals surface area contributed by atoms with Crippen LogP contribution in [-0.2, 0) is 6.42 Å². The summed E-state index contributed by atoms with van der Waals surface area (Å²) in [6.45, 7) is 1.98. The smallest absolute Gasteiger partial charge is 0.123 e. The molecule has 1 aliphatic carbocycles. The Morgan fingerprint density at radius 3 is 2.84 bits per heavy atom. The zero-order valence-corrected chi connectivity index (χ0v) is 11.0. The van der Waals surface area contributed by atoms with Gasteiger partial charge in [0.15, 0.2) is 0 Å². The lowest BCUT2D eigenvalue weighted by Gasteiger charge is -2.11. The quantitative estimate of drug-likeness (QED) is 0.738. The number of aromatic nitrogens is 1. The van der Waals surface area contributed by atoms with E-state index in [0.29, 0.717) is 0 Å². The van der Waals surface area contributed by atoms with E-state index in [1.54, 1.807) is 12.1 Å². The zero-order valence-electron chi connectivity index (χ0n) is 11.0. The van der Waals surface area contributed by atoms with Crippen LogP contribution in [0.5, 0.6) is 0 Å². The molecule has 1 aliphatic rings. The van der Waals surface area contributed by atoms with Gasteiger partial charge in [0.2, 0.25) is 0 Å². The monoisotopic (exact) mass is 253 g/mol. The van der Waals surface area contributed by atoms with Crippen LogP contribution in [0.1, 0.15) is 35.2 Å². The van der Waals surface area contributed by atoms with Gasteiger partial charge in [-0.05, 0) is 61.1 Å². The number of rotatable bonds is 1. The molecule has 0 saturated carbocycles. The van der Waals surface area contributed by atoms with Crippen molar-refractivity contribution in [3.05, 3.63) is 70.8 Å². The van der Waals surface area contributed by atoms with Gasteiger partial charge in [0, 0.05) is 17.5 Å². The largest absolute Gasteiger partial charge is 0.261 e. The predicted octanol–water partition coefficient (Wildman–Crippen LogP) is 4.30. The number of nitrogens with zero attached hydrogens (tertiary/aromatic N) is 1. The lowest BCUT2D eigenvalue weighted by Crippen LogP contribution is -1.95. The van der Waals surface area contributed by atoms with Gasteiger partial charge in [-0.1, -0.05) is 18.2 Å². The van der Waals surface area contributed by atoms with Crippen LogP contribution in [0, 0.1) is 12.7 Å². The van der Waals surface area contributed by atoms with E-state index < -0.39 is 0 Å². The topological polar surface area (TPSA) is 12.9 Å². The van der Waals surface area contributed by atoms with Gasteiger partial charge in [0.05, 0.1) is 0 Å². The molecule has 0 atom stereocenters. The number of aryl methyl sites for hydroxylation is 2. The van der Waals surface area contributed by atoms with Crippen molar-refractivity contribution in [1.82, 2.24) is 4.98 Å². The van der Waals surface area contributed by atoms with Gasteiger partial charge in [-0.2, -0.15) is 0 Å². The number of hydrogen-bond acceptors (Lipinski definition) is 1. The molecule has 3 rings (SSSR count). The van der Waals surface area contributed by atoms with Crippen LogP contribution >= 0.6 is 0 Å². The maximum Gasteiger partial charge on any atom is 0.123 e. The van der Waals surface area contributed by atoms with Gasteiger partial charge in [-0.25, -0.2) is 4.39 Å². The highest BCUT2D eigenvalue weighted by Gasteiger charge is 2.13. The molecule has 2 aromatic rings. The van der Waals surface area contributed by atoms with Crippen LogP contribution in [0.4, 0.5) is 4.39 Å². The Labute approximate surface area is 112 Å². The second-order valence-corrected chi connectivity index (χ2v) is 5.00. The van der Waals surface area contributed by atoms with Crippen LogP contribution in [0.2, 0.25) is 0 Å². The first-order valence-electron chi connectivity index (χ1n) is 6.66. The van der Waals surface area contributed by atoms with Crippen molar-refractivity contribution in [3.8, 4) is 0 Å². The first-order valence-corrected chi connectivity index (χ1v) is 6.66. The molecule has 1 aromatic carbocycles. The van der Waals surface area contributed by atoms with E-state index in [4.69, 9.17) is 0 Å². The molecule has 0 unspecified atom stereocenters. The van der Waals surface area contributed by atoms with E-state index in [1.807, 2.05) is 25.3 Å². The van der Waals surface area contributed by atoms with Crippen molar-refractivity contribution in [2.45, 2.75) is 26.2 Å². The standard InChI is InChI=1S/C17H16FN/c1-12-6-7-14(11-19-12)16-5-3-2-4-13-10-15(18)8-9-17(13)16/h5-11H,2-4H2,1H3. The maximum absolute atomic E-state index is 13.4. The molecule has 19 heavy (non-hydrogen) atoms. The SMILES string of the molecule is Cc1ccc(C2=CCCCc3cc(F)ccc32)cn1. The van der Waals surface area contributed by atoms with E-state index in [2.05, 4.69) is 17.1 Å². The molecule has 0 bridgehead atoms. The summed E-state index contributed by atoms with van der Waals surface area (Å²) in [7, 11) is 0. The second kappa shape index (κ2) is 4.96. The van der Waals surface area contributed by atoms with Crippen LogP contribution < -0.4 is 0 Å². The molecule has 1 nitrogen and oxygen atoms in total. The molecular formula is C17H16FN. The third kappa shape index (κ3) is 2.43. The van der Waals surface area contributed by atoms with Crippen LogP contribution in [0.25, 0.3) is 5.57 Å². The highest BCUT2D eigenvalue weighted by atomic mass is 19.1. The van der Waals surface area contributed by atoms with Crippen LogP contribution in [0.15, 0.2) is 42.6 Å². The van der Waals surface area contributed by atoms with Gasteiger partial charge in [-0.3, -0.25) is 4.98 Å². The third-order valence-electron chi connectivity index (χ3n) is 3.58. The van der Waals surface area contributed by atoms with Gasteiger partial charge in [0.1, 0.15) is 5.82 Å². The molecule has 0 aliphatic heterocycles. The number of benzene rings is 1. The summed E-state index contributed by atoms with van der Waals surface area (Å²) in [5, 5.41) is 0.